The molecule has 1 aromatic rings. The fourth-order valence-electron chi connectivity index (χ4n) is 3.46. The molecule has 0 spiro atoms. The highest BCUT2D eigenvalue weighted by Crippen LogP contribution is 2.32. The first kappa shape index (κ1) is 23.1. The number of nitrogens with one attached hydrogen (secondary N) is 2. The van der Waals surface area contributed by atoms with Crippen molar-refractivity contribution in [1.82, 2.24) is 10.0 Å². The summed E-state index contributed by atoms with van der Waals surface area (Å²) in [6.07, 6.45) is -0.834. The van der Waals surface area contributed by atoms with E-state index in [-0.39, 0.29) is 42.2 Å². The van der Waals surface area contributed by atoms with Gasteiger partial charge in [-0.1, -0.05) is 6.42 Å². The molecule has 29 heavy (non-hydrogen) atoms. The number of amides is 1. The largest absolute Gasteiger partial charge is 0.416 e. The van der Waals surface area contributed by atoms with E-state index >= 15 is 0 Å². The molecule has 0 radical (unpaired) electrons. The Hall–Kier alpha value is -2.14. The first-order valence-electron chi connectivity index (χ1n) is 9.02. The van der Waals surface area contributed by atoms with Crippen molar-refractivity contribution in [2.45, 2.75) is 31.5 Å². The second-order valence-corrected chi connectivity index (χ2v) is 9.06. The monoisotopic (exact) mass is 435 g/mol. The molecule has 0 saturated heterocycles. The maximum atomic E-state index is 12.8. The van der Waals surface area contributed by atoms with Crippen molar-refractivity contribution in [2.75, 3.05) is 31.3 Å². The molecule has 11 heteroatoms. The van der Waals surface area contributed by atoms with Crippen LogP contribution in [0.4, 0.5) is 18.9 Å². The van der Waals surface area contributed by atoms with Crippen molar-refractivity contribution >= 4 is 27.9 Å². The molecule has 1 aliphatic rings. The third kappa shape index (κ3) is 6.70. The topological polar surface area (TPSA) is 95.6 Å². The van der Waals surface area contributed by atoms with E-state index in [1.54, 1.807) is 0 Å². The number of sulfonamides is 1. The van der Waals surface area contributed by atoms with Crippen LogP contribution < -0.4 is 14.9 Å². The van der Waals surface area contributed by atoms with Crippen LogP contribution in [-0.2, 0) is 21.0 Å². The van der Waals surface area contributed by atoms with Gasteiger partial charge in [-0.3, -0.25) is 9.59 Å². The van der Waals surface area contributed by atoms with Crippen LogP contribution in [0.25, 0.3) is 0 Å². The Kier molecular flexibility index (Phi) is 7.28. The third-order valence-corrected chi connectivity index (χ3v) is 5.58. The molecule has 1 amide bonds. The fraction of sp³-hybridized carbons (Fsp3) is 0.556. The lowest BCUT2D eigenvalue weighted by atomic mass is 10.0. The van der Waals surface area contributed by atoms with Crippen molar-refractivity contribution in [3.63, 3.8) is 0 Å². The summed E-state index contributed by atoms with van der Waals surface area (Å²) in [6.45, 7) is 0.0722. The zero-order valence-electron chi connectivity index (χ0n) is 16.1. The second kappa shape index (κ2) is 9.12. The molecule has 0 heterocycles. The van der Waals surface area contributed by atoms with Crippen LogP contribution in [0.15, 0.2) is 18.2 Å². The Morgan fingerprint density at radius 3 is 2.59 bits per heavy atom. The van der Waals surface area contributed by atoms with E-state index in [2.05, 4.69) is 10.0 Å². The van der Waals surface area contributed by atoms with Crippen molar-refractivity contribution in [2.24, 2.45) is 5.92 Å². The number of aldehydes is 1. The van der Waals surface area contributed by atoms with Gasteiger partial charge in [-0.05, 0) is 37.0 Å². The number of carbonyl (C=O) groups excluding carboxylic acids is 2. The molecule has 2 atom stereocenters. The number of carbonyl (C=O) groups is 2. The number of hydrogen-bond donors (Lipinski definition) is 2. The normalized spacial score (nSPS) is 19.8. The smallest absolute Gasteiger partial charge is 0.365 e. The van der Waals surface area contributed by atoms with E-state index < -0.39 is 21.8 Å². The summed E-state index contributed by atoms with van der Waals surface area (Å²) < 4.78 is 63.4. The van der Waals surface area contributed by atoms with Crippen molar-refractivity contribution in [3.05, 3.63) is 29.3 Å². The highest BCUT2D eigenvalue weighted by atomic mass is 32.2. The molecule has 1 saturated carbocycles. The third-order valence-electron chi connectivity index (χ3n) is 4.89. The lowest BCUT2D eigenvalue weighted by Crippen LogP contribution is -2.45. The molecular formula is C18H24F3N3O4S. The van der Waals surface area contributed by atoms with E-state index in [0.29, 0.717) is 12.7 Å². The molecule has 0 aromatic heterocycles. The van der Waals surface area contributed by atoms with Crippen LogP contribution >= 0.6 is 0 Å². The number of hydrogen-bond acceptors (Lipinski definition) is 5. The van der Waals surface area contributed by atoms with E-state index in [0.717, 1.165) is 37.3 Å². The highest BCUT2D eigenvalue weighted by molar-refractivity contribution is 7.88. The average molecular weight is 435 g/mol. The van der Waals surface area contributed by atoms with Gasteiger partial charge in [0.05, 0.1) is 18.4 Å². The highest BCUT2D eigenvalue weighted by Gasteiger charge is 2.32. The van der Waals surface area contributed by atoms with E-state index in [1.807, 2.05) is 0 Å². The van der Waals surface area contributed by atoms with Gasteiger partial charge in [-0.15, -0.1) is 0 Å². The van der Waals surface area contributed by atoms with E-state index in [4.69, 9.17) is 0 Å². The Labute approximate surface area is 167 Å². The summed E-state index contributed by atoms with van der Waals surface area (Å²) in [7, 11) is -1.82. The Morgan fingerprint density at radius 2 is 2.00 bits per heavy atom. The molecule has 0 bridgehead atoms. The lowest BCUT2D eigenvalue weighted by Gasteiger charge is -2.25. The number of nitrogens with zero attached hydrogens (tertiary/aromatic N) is 1. The van der Waals surface area contributed by atoms with Gasteiger partial charge in [-0.25, -0.2) is 13.1 Å². The number of benzene rings is 1. The summed E-state index contributed by atoms with van der Waals surface area (Å²) in [5, 5.41) is 2.86. The summed E-state index contributed by atoms with van der Waals surface area (Å²) in [5.74, 6) is -0.393. The maximum absolute atomic E-state index is 12.8. The van der Waals surface area contributed by atoms with Crippen LogP contribution in [-0.4, -0.2) is 53.0 Å². The molecule has 1 aliphatic carbocycles. The van der Waals surface area contributed by atoms with Crippen LogP contribution in [0, 0.1) is 5.92 Å². The predicted molar refractivity (Wildman–Crippen MR) is 102 cm³/mol. The van der Waals surface area contributed by atoms with Gasteiger partial charge in [0.15, 0.2) is 6.29 Å². The number of rotatable bonds is 8. The fourth-order valence-corrected chi connectivity index (χ4v) is 3.97. The molecule has 1 aromatic carbocycles. The average Bonchev–Trinajstić information content (AvgIpc) is 3.04. The number of alkyl halides is 3. The van der Waals surface area contributed by atoms with Crippen LogP contribution in [0.3, 0.4) is 0 Å². The Balaban J connectivity index is 2.00. The summed E-state index contributed by atoms with van der Waals surface area (Å²) in [6, 6.07) is 2.58. The van der Waals surface area contributed by atoms with E-state index in [9.17, 15) is 31.2 Å². The molecule has 2 rings (SSSR count). The Morgan fingerprint density at radius 1 is 1.31 bits per heavy atom. The molecule has 162 valence electrons. The van der Waals surface area contributed by atoms with Gasteiger partial charge in [0, 0.05) is 30.9 Å². The molecule has 0 aliphatic heterocycles. The first-order chi connectivity index (χ1) is 13.4. The minimum Gasteiger partial charge on any atom is -0.365 e. The molecule has 7 nitrogen and oxygen atoms in total. The molecule has 2 unspecified atom stereocenters. The van der Waals surface area contributed by atoms with Crippen molar-refractivity contribution in [3.8, 4) is 0 Å². The molecular weight excluding hydrogens is 411 g/mol. The molecule has 1 fully saturated rings. The number of likely N-dealkylation sites (N-methyl/N-ethyl adjacent to an activating group) is 1. The van der Waals surface area contributed by atoms with Crippen LogP contribution in [0.1, 0.15) is 35.2 Å². The first-order valence-corrected chi connectivity index (χ1v) is 10.9. The standard InChI is InChI=1S/C18H24F3N3O4S/c1-24(16-7-6-14(18(19,20)21)8-13(16)11-25)10-17(26)23-15-5-3-4-12(15)9-22-29(2,27)28/h6-8,11-12,15,22H,3-5,9-10H2,1-2H3,(H,23,26). The zero-order chi connectivity index (χ0) is 21.8. The number of anilines is 1. The Bertz CT molecular complexity index is 858. The van der Waals surface area contributed by atoms with Gasteiger partial charge >= 0.3 is 6.18 Å². The van der Waals surface area contributed by atoms with Gasteiger partial charge in [0.2, 0.25) is 15.9 Å². The van der Waals surface area contributed by atoms with Crippen LogP contribution in [0.2, 0.25) is 0 Å². The minimum atomic E-state index is -4.57. The predicted octanol–water partition coefficient (Wildman–Crippen LogP) is 1.79. The van der Waals surface area contributed by atoms with E-state index in [1.165, 1.54) is 11.9 Å². The minimum absolute atomic E-state index is 0.0319. The van der Waals surface area contributed by atoms with Crippen LogP contribution in [0.5, 0.6) is 0 Å². The van der Waals surface area contributed by atoms with Gasteiger partial charge in [0.25, 0.3) is 0 Å². The maximum Gasteiger partial charge on any atom is 0.416 e. The van der Waals surface area contributed by atoms with Crippen molar-refractivity contribution < 1.29 is 31.2 Å². The van der Waals surface area contributed by atoms with Gasteiger partial charge < -0.3 is 10.2 Å². The summed E-state index contributed by atoms with van der Waals surface area (Å²) >= 11 is 0. The quantitative estimate of drug-likeness (QED) is 0.607. The van der Waals surface area contributed by atoms with Gasteiger partial charge in [0.1, 0.15) is 0 Å². The lowest BCUT2D eigenvalue weighted by molar-refractivity contribution is -0.137. The molecule has 2 N–H and O–H groups in total. The summed E-state index contributed by atoms with van der Waals surface area (Å²) in [4.78, 5) is 25.0. The SMILES string of the molecule is CN(CC(=O)NC1CCCC1CNS(C)(=O)=O)c1ccc(C(F)(F)F)cc1C=O. The number of halogens is 3. The summed E-state index contributed by atoms with van der Waals surface area (Å²) in [5.41, 5.74) is -0.885. The van der Waals surface area contributed by atoms with Gasteiger partial charge in [-0.2, -0.15) is 13.2 Å². The second-order valence-electron chi connectivity index (χ2n) is 7.23. The van der Waals surface area contributed by atoms with Crippen molar-refractivity contribution in [1.29, 1.82) is 0 Å². The zero-order valence-corrected chi connectivity index (χ0v) is 16.9.